The minimum Gasteiger partial charge on any atom is -0.358 e. The Bertz CT molecular complexity index is 927. The number of benzene rings is 3. The van der Waals surface area contributed by atoms with Gasteiger partial charge in [0.25, 0.3) is 0 Å². The van der Waals surface area contributed by atoms with E-state index >= 15 is 0 Å². The monoisotopic (exact) mass is 324 g/mol. The fourth-order valence-corrected chi connectivity index (χ4v) is 4.27. The summed E-state index contributed by atoms with van der Waals surface area (Å²) in [6, 6.07) is 30.2. The van der Waals surface area contributed by atoms with Crippen LogP contribution in [0.15, 0.2) is 91.0 Å². The van der Waals surface area contributed by atoms with Gasteiger partial charge in [0.2, 0.25) is 0 Å². The van der Waals surface area contributed by atoms with Crippen LogP contribution in [-0.4, -0.2) is 0 Å². The zero-order chi connectivity index (χ0) is 16.7. The van der Waals surface area contributed by atoms with Crippen molar-refractivity contribution in [3.8, 4) is 0 Å². The van der Waals surface area contributed by atoms with E-state index in [-0.39, 0.29) is 11.7 Å². The van der Waals surface area contributed by atoms with Gasteiger partial charge in [0, 0.05) is 12.8 Å². The van der Waals surface area contributed by atoms with E-state index in [0.29, 0.717) is 0 Å². The molecule has 2 aliphatic rings. The predicted octanol–water partition coefficient (Wildman–Crippen LogP) is 5.68. The van der Waals surface area contributed by atoms with E-state index in [4.69, 9.17) is 4.74 Å². The van der Waals surface area contributed by atoms with Crippen LogP contribution >= 0.6 is 0 Å². The molecule has 2 bridgehead atoms. The molecule has 0 aliphatic carbocycles. The summed E-state index contributed by atoms with van der Waals surface area (Å²) >= 11 is 0. The number of hydrogen-bond donors (Lipinski definition) is 0. The largest absolute Gasteiger partial charge is 0.358 e. The molecule has 0 aromatic heterocycles. The minimum atomic E-state index is -0.278. The summed E-state index contributed by atoms with van der Waals surface area (Å²) < 4.78 is 6.70. The van der Waals surface area contributed by atoms with Crippen molar-refractivity contribution >= 4 is 5.57 Å². The van der Waals surface area contributed by atoms with Crippen molar-refractivity contribution in [1.29, 1.82) is 0 Å². The van der Waals surface area contributed by atoms with Crippen LogP contribution in [0.2, 0.25) is 0 Å². The van der Waals surface area contributed by atoms with Gasteiger partial charge in [-0.05, 0) is 33.9 Å². The van der Waals surface area contributed by atoms with Crippen LogP contribution in [0, 0.1) is 0 Å². The minimum absolute atomic E-state index is 0.0223. The van der Waals surface area contributed by atoms with E-state index in [2.05, 4.69) is 91.0 Å². The topological polar surface area (TPSA) is 9.23 Å². The molecule has 5 rings (SSSR count). The van der Waals surface area contributed by atoms with Crippen LogP contribution in [0.4, 0.5) is 0 Å². The Morgan fingerprint density at radius 2 is 1.40 bits per heavy atom. The van der Waals surface area contributed by atoms with Crippen molar-refractivity contribution in [3.63, 3.8) is 0 Å². The molecule has 0 unspecified atom stereocenters. The number of hydrogen-bond acceptors (Lipinski definition) is 1. The summed E-state index contributed by atoms with van der Waals surface area (Å²) in [6.45, 7) is 0. The average molecular weight is 324 g/mol. The standard InChI is InChI=1S/C24H20O/c1-3-9-18(10-4-1)20-15-23-22-14-8-7-11-19(22)16-24(17-20,25-23)21-12-5-2-6-13-21/h1-15,23H,16-17H2/t23-,24-/m0/s1. The maximum absolute atomic E-state index is 6.70. The summed E-state index contributed by atoms with van der Waals surface area (Å²) in [6.07, 6.45) is 4.17. The highest BCUT2D eigenvalue weighted by Crippen LogP contribution is 2.51. The predicted molar refractivity (Wildman–Crippen MR) is 101 cm³/mol. The molecule has 3 aromatic rings. The van der Waals surface area contributed by atoms with Crippen molar-refractivity contribution in [2.45, 2.75) is 24.5 Å². The molecule has 3 aromatic carbocycles. The highest BCUT2D eigenvalue weighted by atomic mass is 16.5. The summed E-state index contributed by atoms with van der Waals surface area (Å²) in [5.41, 5.74) is 6.40. The molecule has 2 aliphatic heterocycles. The van der Waals surface area contributed by atoms with E-state index in [1.54, 1.807) is 0 Å². The first kappa shape index (κ1) is 14.7. The van der Waals surface area contributed by atoms with E-state index < -0.39 is 0 Å². The fraction of sp³-hybridized carbons (Fsp3) is 0.167. The smallest absolute Gasteiger partial charge is 0.103 e. The van der Waals surface area contributed by atoms with Gasteiger partial charge in [0.1, 0.15) is 11.7 Å². The second-order valence-electron chi connectivity index (χ2n) is 7.01. The molecule has 0 spiro atoms. The van der Waals surface area contributed by atoms with Crippen LogP contribution in [0.1, 0.15) is 34.8 Å². The summed E-state index contributed by atoms with van der Waals surface area (Å²) in [7, 11) is 0. The van der Waals surface area contributed by atoms with Gasteiger partial charge in [-0.15, -0.1) is 0 Å². The maximum atomic E-state index is 6.70. The maximum Gasteiger partial charge on any atom is 0.103 e. The molecule has 2 atom stereocenters. The van der Waals surface area contributed by atoms with Gasteiger partial charge in [-0.1, -0.05) is 84.9 Å². The third-order valence-electron chi connectivity index (χ3n) is 5.46. The molecule has 0 N–H and O–H groups in total. The van der Waals surface area contributed by atoms with Crippen molar-refractivity contribution in [2.75, 3.05) is 0 Å². The third-order valence-corrected chi connectivity index (χ3v) is 5.46. The van der Waals surface area contributed by atoms with Crippen molar-refractivity contribution in [2.24, 2.45) is 0 Å². The Kier molecular flexibility index (Phi) is 3.36. The lowest BCUT2D eigenvalue weighted by Crippen LogP contribution is -2.40. The zero-order valence-corrected chi connectivity index (χ0v) is 14.1. The van der Waals surface area contributed by atoms with Crippen LogP contribution in [-0.2, 0) is 16.8 Å². The van der Waals surface area contributed by atoms with Crippen molar-refractivity contribution in [3.05, 3.63) is 113 Å². The third kappa shape index (κ3) is 2.43. The van der Waals surface area contributed by atoms with Gasteiger partial charge in [-0.3, -0.25) is 0 Å². The number of ether oxygens (including phenoxy) is 1. The summed E-state index contributed by atoms with van der Waals surface area (Å²) in [4.78, 5) is 0. The van der Waals surface area contributed by atoms with E-state index in [0.717, 1.165) is 12.8 Å². The molecule has 0 fully saturated rings. The quantitative estimate of drug-likeness (QED) is 0.589. The Labute approximate surface area is 148 Å². The van der Waals surface area contributed by atoms with Crippen LogP contribution < -0.4 is 0 Å². The average Bonchev–Trinajstić information content (AvgIpc) is 2.69. The van der Waals surface area contributed by atoms with Gasteiger partial charge < -0.3 is 4.74 Å². The Balaban J connectivity index is 1.69. The van der Waals surface area contributed by atoms with Gasteiger partial charge >= 0.3 is 0 Å². The van der Waals surface area contributed by atoms with Crippen LogP contribution in [0.5, 0.6) is 0 Å². The SMILES string of the molecule is C1=C(c2ccccc2)C[C@]2(c3ccccc3)Cc3ccccc3[C@H]1O2. The Hall–Kier alpha value is -2.64. The summed E-state index contributed by atoms with van der Waals surface area (Å²) in [5, 5.41) is 0. The second kappa shape index (κ2) is 5.72. The zero-order valence-electron chi connectivity index (χ0n) is 14.1. The molecule has 0 saturated carbocycles. The molecule has 0 saturated heterocycles. The van der Waals surface area contributed by atoms with Crippen LogP contribution in [0.3, 0.4) is 0 Å². The highest BCUT2D eigenvalue weighted by molar-refractivity contribution is 5.69. The number of fused-ring (bicyclic) bond motifs is 4. The lowest BCUT2D eigenvalue weighted by Gasteiger charge is -2.46. The first-order valence-corrected chi connectivity index (χ1v) is 8.91. The highest BCUT2D eigenvalue weighted by Gasteiger charge is 2.44. The van der Waals surface area contributed by atoms with Gasteiger partial charge in [-0.2, -0.15) is 0 Å². The lowest BCUT2D eigenvalue weighted by molar-refractivity contribution is -0.0983. The molecule has 1 heteroatoms. The Morgan fingerprint density at radius 1 is 0.720 bits per heavy atom. The molecule has 1 nitrogen and oxygen atoms in total. The Morgan fingerprint density at radius 3 is 2.20 bits per heavy atom. The summed E-state index contributed by atoms with van der Waals surface area (Å²) in [5.74, 6) is 0. The van der Waals surface area contributed by atoms with E-state index in [1.807, 2.05) is 0 Å². The molecule has 25 heavy (non-hydrogen) atoms. The molecular weight excluding hydrogens is 304 g/mol. The van der Waals surface area contributed by atoms with Gasteiger partial charge in [-0.25, -0.2) is 0 Å². The first-order valence-electron chi connectivity index (χ1n) is 8.91. The molecule has 0 radical (unpaired) electrons. The first-order chi connectivity index (χ1) is 12.3. The normalized spacial score (nSPS) is 24.3. The van der Waals surface area contributed by atoms with Crippen molar-refractivity contribution in [1.82, 2.24) is 0 Å². The molecule has 0 amide bonds. The van der Waals surface area contributed by atoms with Gasteiger partial charge in [0.15, 0.2) is 0 Å². The van der Waals surface area contributed by atoms with Crippen LogP contribution in [0.25, 0.3) is 5.57 Å². The van der Waals surface area contributed by atoms with E-state index in [1.165, 1.54) is 27.8 Å². The second-order valence-corrected chi connectivity index (χ2v) is 7.01. The fourth-order valence-electron chi connectivity index (χ4n) is 4.27. The molecular formula is C24H20O. The van der Waals surface area contributed by atoms with Gasteiger partial charge in [0.05, 0.1) is 0 Å². The lowest BCUT2D eigenvalue weighted by atomic mass is 9.73. The van der Waals surface area contributed by atoms with E-state index in [9.17, 15) is 0 Å². The van der Waals surface area contributed by atoms with Crippen molar-refractivity contribution < 1.29 is 4.74 Å². The molecule has 2 heterocycles. The molecule has 122 valence electrons. The number of rotatable bonds is 2.